The van der Waals surface area contributed by atoms with Crippen LogP contribution < -0.4 is 0 Å². The van der Waals surface area contributed by atoms with E-state index in [0.717, 1.165) is 43.6 Å². The van der Waals surface area contributed by atoms with Gasteiger partial charge in [0.05, 0.1) is 24.7 Å². The standard InChI is InChI=1S/C18H32N2O7S/c1-4-5-6-7-8-12-25-16(21)18(2,3)14-26-28(23,24)27-20-15-10-9-11-19(13-15)17(20)22/h15H,4-14H2,1-3H3/t15-/m1/s1. The Morgan fingerprint density at radius 1 is 1.21 bits per heavy atom. The number of esters is 1. The first-order valence-electron chi connectivity index (χ1n) is 10.0. The highest BCUT2D eigenvalue weighted by molar-refractivity contribution is 7.81. The van der Waals surface area contributed by atoms with Crippen LogP contribution >= 0.6 is 0 Å². The molecule has 162 valence electrons. The predicted molar refractivity (Wildman–Crippen MR) is 101 cm³/mol. The lowest BCUT2D eigenvalue weighted by Crippen LogP contribution is -2.38. The second-order valence-electron chi connectivity index (χ2n) is 8.03. The average Bonchev–Trinajstić information content (AvgIpc) is 2.85. The SMILES string of the molecule is CCCCCCCOC(=O)C(C)(C)COS(=O)(=O)ON1C(=O)N2CCC[C@@H]1C2. The van der Waals surface area contributed by atoms with Gasteiger partial charge in [0.15, 0.2) is 0 Å². The van der Waals surface area contributed by atoms with E-state index < -0.39 is 34.4 Å². The van der Waals surface area contributed by atoms with Crippen molar-refractivity contribution in [2.45, 2.75) is 71.8 Å². The van der Waals surface area contributed by atoms with E-state index in [4.69, 9.17) is 13.2 Å². The molecule has 10 heteroatoms. The highest BCUT2D eigenvalue weighted by atomic mass is 32.3. The zero-order valence-electron chi connectivity index (χ0n) is 17.0. The van der Waals surface area contributed by atoms with Gasteiger partial charge in [-0.25, -0.2) is 8.98 Å². The maximum Gasteiger partial charge on any atom is 0.421 e. The molecule has 0 N–H and O–H groups in total. The molecule has 0 saturated carbocycles. The Morgan fingerprint density at radius 3 is 2.61 bits per heavy atom. The minimum atomic E-state index is -4.47. The normalized spacial score (nSPS) is 20.0. The van der Waals surface area contributed by atoms with Gasteiger partial charge in [-0.15, -0.1) is 4.28 Å². The minimum absolute atomic E-state index is 0.301. The smallest absolute Gasteiger partial charge is 0.421 e. The second kappa shape index (κ2) is 9.89. The summed E-state index contributed by atoms with van der Waals surface area (Å²) in [6.07, 6.45) is 6.64. The maximum absolute atomic E-state index is 12.2. The molecule has 0 aliphatic carbocycles. The van der Waals surface area contributed by atoms with E-state index >= 15 is 0 Å². The third-order valence-electron chi connectivity index (χ3n) is 4.96. The van der Waals surface area contributed by atoms with Crippen LogP contribution in [0.3, 0.4) is 0 Å². The van der Waals surface area contributed by atoms with E-state index in [0.29, 0.717) is 26.1 Å². The number of nitrogens with zero attached hydrogens (tertiary/aromatic N) is 2. The Hall–Kier alpha value is -1.39. The number of hydrogen-bond donors (Lipinski definition) is 0. The van der Waals surface area contributed by atoms with E-state index in [9.17, 15) is 18.0 Å². The Balaban J connectivity index is 1.77. The summed E-state index contributed by atoms with van der Waals surface area (Å²) in [5.41, 5.74) is -1.16. The number of rotatable bonds is 12. The molecule has 28 heavy (non-hydrogen) atoms. The molecular weight excluding hydrogens is 388 g/mol. The van der Waals surface area contributed by atoms with E-state index in [1.165, 1.54) is 0 Å². The largest absolute Gasteiger partial charge is 0.465 e. The summed E-state index contributed by atoms with van der Waals surface area (Å²) in [6, 6.07) is -0.776. The Labute approximate surface area is 167 Å². The summed E-state index contributed by atoms with van der Waals surface area (Å²) in [5, 5.41) is 0.865. The van der Waals surface area contributed by atoms with Gasteiger partial charge in [0.25, 0.3) is 0 Å². The lowest BCUT2D eigenvalue weighted by molar-refractivity contribution is -0.156. The number of ether oxygens (including phenoxy) is 1. The predicted octanol–water partition coefficient (Wildman–Crippen LogP) is 2.62. The van der Waals surface area contributed by atoms with Crippen molar-refractivity contribution >= 4 is 22.4 Å². The van der Waals surface area contributed by atoms with Crippen molar-refractivity contribution in [2.75, 3.05) is 26.3 Å². The molecule has 2 amide bonds. The van der Waals surface area contributed by atoms with Crippen molar-refractivity contribution in [1.82, 2.24) is 9.96 Å². The van der Waals surface area contributed by atoms with Gasteiger partial charge in [-0.2, -0.15) is 13.5 Å². The molecule has 0 spiro atoms. The van der Waals surface area contributed by atoms with Gasteiger partial charge in [-0.1, -0.05) is 32.6 Å². The summed E-state index contributed by atoms with van der Waals surface area (Å²) >= 11 is 0. The number of hydroxylamine groups is 2. The number of urea groups is 1. The molecule has 2 bridgehead atoms. The summed E-state index contributed by atoms with van der Waals surface area (Å²) < 4.78 is 39.3. The number of fused-ring (bicyclic) bond motifs is 2. The monoisotopic (exact) mass is 420 g/mol. The first-order chi connectivity index (χ1) is 13.2. The first-order valence-corrected chi connectivity index (χ1v) is 11.3. The first kappa shape index (κ1) is 22.9. The molecule has 9 nitrogen and oxygen atoms in total. The summed E-state index contributed by atoms with van der Waals surface area (Å²) in [5.74, 6) is -0.530. The van der Waals surface area contributed by atoms with Gasteiger partial charge in [-0.05, 0) is 33.1 Å². The fourth-order valence-electron chi connectivity index (χ4n) is 3.17. The van der Waals surface area contributed by atoms with Crippen LogP contribution in [0.2, 0.25) is 0 Å². The van der Waals surface area contributed by atoms with Crippen LogP contribution in [0.15, 0.2) is 0 Å². The molecule has 2 heterocycles. The highest BCUT2D eigenvalue weighted by Crippen LogP contribution is 2.27. The lowest BCUT2D eigenvalue weighted by atomic mass is 9.95. The van der Waals surface area contributed by atoms with Gasteiger partial charge >= 0.3 is 22.4 Å². The van der Waals surface area contributed by atoms with E-state index in [2.05, 4.69) is 6.92 Å². The Bertz CT molecular complexity index is 650. The van der Waals surface area contributed by atoms with Gasteiger partial charge < -0.3 is 9.64 Å². The number of piperidine rings is 1. The molecule has 0 aromatic carbocycles. The molecule has 0 aromatic heterocycles. The van der Waals surface area contributed by atoms with E-state index in [-0.39, 0.29) is 6.04 Å². The molecular formula is C18H32N2O7S. The molecule has 2 aliphatic heterocycles. The van der Waals surface area contributed by atoms with E-state index in [1.54, 1.807) is 18.7 Å². The maximum atomic E-state index is 12.2. The average molecular weight is 421 g/mol. The quantitative estimate of drug-likeness (QED) is 0.353. The zero-order chi connectivity index (χ0) is 20.8. The molecule has 0 radical (unpaired) electrons. The summed E-state index contributed by atoms with van der Waals surface area (Å²) in [4.78, 5) is 25.9. The minimum Gasteiger partial charge on any atom is -0.465 e. The van der Waals surface area contributed by atoms with Gasteiger partial charge in [0.1, 0.15) is 0 Å². The van der Waals surface area contributed by atoms with Gasteiger partial charge in [0.2, 0.25) is 0 Å². The number of amides is 2. The number of carbonyl (C=O) groups excluding carboxylic acids is 2. The van der Waals surface area contributed by atoms with Crippen molar-refractivity contribution in [1.29, 1.82) is 0 Å². The number of unbranched alkanes of at least 4 members (excludes halogenated alkanes) is 4. The molecule has 2 rings (SSSR count). The zero-order valence-corrected chi connectivity index (χ0v) is 17.8. The Morgan fingerprint density at radius 2 is 1.93 bits per heavy atom. The van der Waals surface area contributed by atoms with Crippen LogP contribution in [0.4, 0.5) is 4.79 Å². The molecule has 2 fully saturated rings. The fraction of sp³-hybridized carbons (Fsp3) is 0.889. The number of hydrogen-bond acceptors (Lipinski definition) is 7. The van der Waals surface area contributed by atoms with Crippen molar-refractivity contribution in [3.05, 3.63) is 0 Å². The van der Waals surface area contributed by atoms with Crippen LogP contribution in [-0.2, 0) is 28.4 Å². The third kappa shape index (κ3) is 6.31. The van der Waals surface area contributed by atoms with Crippen LogP contribution in [-0.4, -0.2) is 62.7 Å². The van der Waals surface area contributed by atoms with Crippen molar-refractivity contribution in [3.8, 4) is 0 Å². The molecule has 2 aliphatic rings. The van der Waals surface area contributed by atoms with Crippen molar-refractivity contribution in [2.24, 2.45) is 5.41 Å². The number of carbonyl (C=O) groups is 2. The van der Waals surface area contributed by atoms with Crippen molar-refractivity contribution in [3.63, 3.8) is 0 Å². The van der Waals surface area contributed by atoms with Crippen LogP contribution in [0, 0.1) is 5.41 Å². The molecule has 2 saturated heterocycles. The third-order valence-corrected chi connectivity index (χ3v) is 5.71. The summed E-state index contributed by atoms with van der Waals surface area (Å²) in [7, 11) is -4.47. The second-order valence-corrected chi connectivity index (χ2v) is 9.23. The molecule has 1 atom stereocenters. The Kier molecular flexibility index (Phi) is 8.08. The highest BCUT2D eigenvalue weighted by Gasteiger charge is 2.44. The lowest BCUT2D eigenvalue weighted by Gasteiger charge is -2.24. The van der Waals surface area contributed by atoms with Crippen molar-refractivity contribution < 1.29 is 31.2 Å². The topological polar surface area (TPSA) is 102 Å². The van der Waals surface area contributed by atoms with Crippen LogP contribution in [0.25, 0.3) is 0 Å². The van der Waals surface area contributed by atoms with Gasteiger partial charge in [-0.3, -0.25) is 4.79 Å². The van der Waals surface area contributed by atoms with Crippen LogP contribution in [0.1, 0.15) is 65.7 Å². The van der Waals surface area contributed by atoms with Gasteiger partial charge in [0, 0.05) is 13.1 Å². The summed E-state index contributed by atoms with van der Waals surface area (Å²) in [6.45, 7) is 6.13. The molecule has 0 aromatic rings. The molecule has 0 unspecified atom stereocenters. The van der Waals surface area contributed by atoms with E-state index in [1.807, 2.05) is 0 Å². The fourth-order valence-corrected chi connectivity index (χ4v) is 4.04. The van der Waals surface area contributed by atoms with Crippen LogP contribution in [0.5, 0.6) is 0 Å².